The Hall–Kier alpha value is -2.69. The van der Waals surface area contributed by atoms with Crippen molar-refractivity contribution in [1.82, 2.24) is 14.9 Å². The highest BCUT2D eigenvalue weighted by Crippen LogP contribution is 2.36. The Kier molecular flexibility index (Phi) is 3.15. The molecule has 1 aliphatic rings. The van der Waals surface area contributed by atoms with E-state index in [0.717, 1.165) is 45.8 Å². The minimum Gasteiger partial charge on any atom is -0.360 e. The molecule has 0 bridgehead atoms. The number of aromatic nitrogens is 3. The number of carbonyl (C=O) groups is 1. The second kappa shape index (κ2) is 5.19. The van der Waals surface area contributed by atoms with E-state index in [9.17, 15) is 4.79 Å². The van der Waals surface area contributed by atoms with Gasteiger partial charge in [0.15, 0.2) is 5.78 Å². The van der Waals surface area contributed by atoms with Crippen molar-refractivity contribution in [3.8, 4) is 22.3 Å². The highest BCUT2D eigenvalue weighted by Gasteiger charge is 2.25. The number of benzene rings is 1. The molecule has 0 aliphatic heterocycles. The molecule has 0 N–H and O–H groups in total. The Balaban J connectivity index is 1.88. The third kappa shape index (κ3) is 2.20. The van der Waals surface area contributed by atoms with Crippen LogP contribution in [0.1, 0.15) is 35.2 Å². The van der Waals surface area contributed by atoms with Crippen molar-refractivity contribution in [3.63, 3.8) is 0 Å². The lowest BCUT2D eigenvalue weighted by molar-refractivity contribution is 0.0982. The molecule has 5 heteroatoms. The van der Waals surface area contributed by atoms with Gasteiger partial charge in [0.1, 0.15) is 5.76 Å². The van der Waals surface area contributed by atoms with Gasteiger partial charge >= 0.3 is 0 Å². The maximum atomic E-state index is 12.5. The average molecular weight is 307 g/mol. The van der Waals surface area contributed by atoms with E-state index < -0.39 is 0 Å². The second-order valence-electron chi connectivity index (χ2n) is 5.83. The smallest absolute Gasteiger partial charge is 0.163 e. The Morgan fingerprint density at radius 1 is 1.22 bits per heavy atom. The Bertz CT molecular complexity index is 905. The summed E-state index contributed by atoms with van der Waals surface area (Å²) in [5, 5.41) is 8.37. The quantitative estimate of drug-likeness (QED) is 0.725. The Morgan fingerprint density at radius 2 is 2.09 bits per heavy atom. The van der Waals surface area contributed by atoms with Crippen LogP contribution in [0.5, 0.6) is 0 Å². The molecule has 0 saturated heterocycles. The summed E-state index contributed by atoms with van der Waals surface area (Å²) in [5.41, 5.74) is 5.51. The number of nitrogens with zero attached hydrogens (tertiary/aromatic N) is 3. The summed E-state index contributed by atoms with van der Waals surface area (Å²) in [7, 11) is 0. The third-order valence-electron chi connectivity index (χ3n) is 4.39. The van der Waals surface area contributed by atoms with Gasteiger partial charge in [-0.25, -0.2) is 0 Å². The van der Waals surface area contributed by atoms with Crippen LogP contribution in [0.15, 0.2) is 35.1 Å². The predicted molar refractivity (Wildman–Crippen MR) is 86.2 cm³/mol. The van der Waals surface area contributed by atoms with E-state index in [1.54, 1.807) is 0 Å². The zero-order valence-corrected chi connectivity index (χ0v) is 13.2. The van der Waals surface area contributed by atoms with Crippen LogP contribution in [-0.2, 0) is 13.0 Å². The number of aryl methyl sites for hydroxylation is 3. The fraction of sp³-hybridized carbons (Fsp3) is 0.278. The highest BCUT2D eigenvalue weighted by atomic mass is 16.5. The van der Waals surface area contributed by atoms with Gasteiger partial charge in [-0.15, -0.1) is 0 Å². The van der Waals surface area contributed by atoms with Crippen molar-refractivity contribution >= 4 is 5.78 Å². The van der Waals surface area contributed by atoms with E-state index in [1.807, 2.05) is 49.1 Å². The fourth-order valence-electron chi connectivity index (χ4n) is 3.15. The summed E-state index contributed by atoms with van der Waals surface area (Å²) >= 11 is 0. The lowest BCUT2D eigenvalue weighted by Crippen LogP contribution is -2.00. The number of hydrogen-bond acceptors (Lipinski definition) is 4. The van der Waals surface area contributed by atoms with Gasteiger partial charge in [-0.05, 0) is 31.0 Å². The van der Waals surface area contributed by atoms with Gasteiger partial charge < -0.3 is 4.52 Å². The normalized spacial score (nSPS) is 13.6. The Morgan fingerprint density at radius 3 is 2.87 bits per heavy atom. The highest BCUT2D eigenvalue weighted by molar-refractivity contribution is 6.05. The summed E-state index contributed by atoms with van der Waals surface area (Å²) < 4.78 is 7.27. The molecule has 4 rings (SSSR count). The Labute approximate surface area is 133 Å². The SMILES string of the molecule is CCn1cc(-c2ccc3c(c2)C(=O)CCc2onc(C)c2-3)cn1. The minimum atomic E-state index is 0.149. The number of Topliss-reactive ketones (excluding diaryl/α,β-unsaturated/α-hetero) is 1. The third-order valence-corrected chi connectivity index (χ3v) is 4.39. The van der Waals surface area contributed by atoms with E-state index in [-0.39, 0.29) is 5.78 Å². The summed E-state index contributed by atoms with van der Waals surface area (Å²) in [4.78, 5) is 12.5. The minimum absolute atomic E-state index is 0.149. The first kappa shape index (κ1) is 13.9. The van der Waals surface area contributed by atoms with Crippen LogP contribution in [-0.4, -0.2) is 20.7 Å². The van der Waals surface area contributed by atoms with Crippen LogP contribution in [0, 0.1) is 6.92 Å². The van der Waals surface area contributed by atoms with Crippen LogP contribution in [0.2, 0.25) is 0 Å². The molecule has 0 amide bonds. The molecule has 23 heavy (non-hydrogen) atoms. The predicted octanol–water partition coefficient (Wildman–Crippen LogP) is 3.66. The van der Waals surface area contributed by atoms with Gasteiger partial charge in [0.2, 0.25) is 0 Å². The van der Waals surface area contributed by atoms with E-state index >= 15 is 0 Å². The van der Waals surface area contributed by atoms with Gasteiger partial charge in [-0.2, -0.15) is 5.10 Å². The van der Waals surface area contributed by atoms with E-state index in [0.29, 0.717) is 12.8 Å². The second-order valence-corrected chi connectivity index (χ2v) is 5.83. The fourth-order valence-corrected chi connectivity index (χ4v) is 3.15. The van der Waals surface area contributed by atoms with Crippen molar-refractivity contribution in [2.75, 3.05) is 0 Å². The van der Waals surface area contributed by atoms with Crippen LogP contribution in [0.4, 0.5) is 0 Å². The number of ketones is 1. The number of rotatable bonds is 2. The van der Waals surface area contributed by atoms with E-state index in [2.05, 4.69) is 10.3 Å². The first-order valence-electron chi connectivity index (χ1n) is 7.83. The van der Waals surface area contributed by atoms with Crippen molar-refractivity contribution in [3.05, 3.63) is 47.6 Å². The van der Waals surface area contributed by atoms with Gasteiger partial charge in [0.05, 0.1) is 11.9 Å². The van der Waals surface area contributed by atoms with Crippen LogP contribution >= 0.6 is 0 Å². The number of fused-ring (bicyclic) bond motifs is 3. The lowest BCUT2D eigenvalue weighted by atomic mass is 9.94. The van der Waals surface area contributed by atoms with Crippen molar-refractivity contribution in [2.24, 2.45) is 0 Å². The summed E-state index contributed by atoms with van der Waals surface area (Å²) in [6.07, 6.45) is 4.89. The molecule has 0 radical (unpaired) electrons. The largest absolute Gasteiger partial charge is 0.360 e. The number of carbonyl (C=O) groups excluding carboxylic acids is 1. The van der Waals surface area contributed by atoms with Crippen LogP contribution < -0.4 is 0 Å². The molecular formula is C18H17N3O2. The molecule has 5 nitrogen and oxygen atoms in total. The summed E-state index contributed by atoms with van der Waals surface area (Å²) in [5.74, 6) is 0.955. The van der Waals surface area contributed by atoms with Crippen molar-refractivity contribution in [1.29, 1.82) is 0 Å². The first-order valence-corrected chi connectivity index (χ1v) is 7.83. The average Bonchev–Trinajstić information content (AvgIpc) is 3.15. The molecule has 2 heterocycles. The molecule has 0 atom stereocenters. The molecule has 2 aromatic heterocycles. The zero-order valence-electron chi connectivity index (χ0n) is 13.2. The number of hydrogen-bond donors (Lipinski definition) is 0. The van der Waals surface area contributed by atoms with Crippen LogP contribution in [0.25, 0.3) is 22.3 Å². The van der Waals surface area contributed by atoms with Crippen molar-refractivity contribution < 1.29 is 9.32 Å². The van der Waals surface area contributed by atoms with Gasteiger partial charge in [0.25, 0.3) is 0 Å². The molecule has 3 aromatic rings. The topological polar surface area (TPSA) is 60.9 Å². The molecule has 0 fully saturated rings. The van der Waals surface area contributed by atoms with Gasteiger partial charge in [-0.3, -0.25) is 9.48 Å². The van der Waals surface area contributed by atoms with Crippen LogP contribution in [0.3, 0.4) is 0 Å². The standard InChI is InChI=1S/C18H17N3O2/c1-3-21-10-13(9-19-21)12-4-5-14-15(8-12)16(22)6-7-17-18(14)11(2)20-23-17/h4-5,8-10H,3,6-7H2,1-2H3. The molecule has 0 unspecified atom stereocenters. The molecule has 1 aliphatic carbocycles. The molecule has 1 aromatic carbocycles. The van der Waals surface area contributed by atoms with Crippen molar-refractivity contribution in [2.45, 2.75) is 33.2 Å². The molecular weight excluding hydrogens is 290 g/mol. The first-order chi connectivity index (χ1) is 11.2. The zero-order chi connectivity index (χ0) is 16.0. The summed E-state index contributed by atoms with van der Waals surface area (Å²) in [6.45, 7) is 4.79. The maximum Gasteiger partial charge on any atom is 0.163 e. The summed E-state index contributed by atoms with van der Waals surface area (Å²) in [6, 6.07) is 6.00. The lowest BCUT2D eigenvalue weighted by Gasteiger charge is -2.08. The maximum absolute atomic E-state index is 12.5. The van der Waals surface area contributed by atoms with E-state index in [1.165, 1.54) is 0 Å². The molecule has 0 saturated carbocycles. The molecule has 0 spiro atoms. The van der Waals surface area contributed by atoms with E-state index in [4.69, 9.17) is 4.52 Å². The monoisotopic (exact) mass is 307 g/mol. The van der Waals surface area contributed by atoms with Gasteiger partial charge in [-0.1, -0.05) is 17.3 Å². The molecule has 116 valence electrons. The van der Waals surface area contributed by atoms with Gasteiger partial charge in [0, 0.05) is 42.3 Å².